The summed E-state index contributed by atoms with van der Waals surface area (Å²) >= 11 is 1.17. The van der Waals surface area contributed by atoms with Crippen LogP contribution in [0.2, 0.25) is 0 Å². The third-order valence-electron chi connectivity index (χ3n) is 4.87. The molecule has 1 amide bonds. The average molecular weight is 365 g/mol. The topological polar surface area (TPSA) is 137 Å². The zero-order valence-electron chi connectivity index (χ0n) is 13.2. The van der Waals surface area contributed by atoms with Crippen molar-refractivity contribution in [2.75, 3.05) is 12.3 Å². The van der Waals surface area contributed by atoms with E-state index in [2.05, 4.69) is 15.4 Å². The summed E-state index contributed by atoms with van der Waals surface area (Å²) in [6.45, 7) is 0.655. The Morgan fingerprint density at radius 3 is 2.88 bits per heavy atom. The number of aliphatic carboxylic acids is 1. The molecule has 0 aromatic carbocycles. The highest BCUT2D eigenvalue weighted by Gasteiger charge is 2.60. The van der Waals surface area contributed by atoms with Crippen LogP contribution < -0.4 is 16.4 Å². The minimum atomic E-state index is -1.12. The van der Waals surface area contributed by atoms with Gasteiger partial charge in [-0.1, -0.05) is 11.8 Å². The van der Waals surface area contributed by atoms with Gasteiger partial charge in [0.15, 0.2) is 5.16 Å². The van der Waals surface area contributed by atoms with Crippen molar-refractivity contribution in [3.63, 3.8) is 0 Å². The van der Waals surface area contributed by atoms with Crippen molar-refractivity contribution in [1.82, 2.24) is 25.0 Å². The standard InChI is InChI=1S/C14H15N5O5S/c1-18-14(16-10(20)11(21)17-18)25-4-6-5-2-3-15-7-8(5)19(12(7)22)9(6)13(23)24/h5,7-8,15H,2-4H2,1H3,(H,17,21)(H,23,24)/t5?,7-,8+/m0/s1. The molecule has 3 atom stereocenters. The highest BCUT2D eigenvalue weighted by molar-refractivity contribution is 7.99. The number of H-pyrrole nitrogens is 1. The third-order valence-corrected chi connectivity index (χ3v) is 5.95. The predicted molar refractivity (Wildman–Crippen MR) is 86.0 cm³/mol. The smallest absolute Gasteiger partial charge is 0.352 e. The van der Waals surface area contributed by atoms with Gasteiger partial charge in [0, 0.05) is 18.7 Å². The summed E-state index contributed by atoms with van der Waals surface area (Å²) in [5.41, 5.74) is -0.975. The van der Waals surface area contributed by atoms with E-state index >= 15 is 0 Å². The van der Waals surface area contributed by atoms with Gasteiger partial charge in [-0.05, 0) is 18.5 Å². The maximum absolute atomic E-state index is 12.2. The number of piperidine rings is 1. The first kappa shape index (κ1) is 16.1. The Kier molecular flexibility index (Phi) is 3.58. The van der Waals surface area contributed by atoms with E-state index in [0.717, 1.165) is 6.42 Å². The molecule has 0 bridgehead atoms. The van der Waals surface area contributed by atoms with Crippen LogP contribution in [0, 0.1) is 5.92 Å². The second kappa shape index (κ2) is 5.56. The quantitative estimate of drug-likeness (QED) is 0.320. The lowest BCUT2D eigenvalue weighted by Gasteiger charge is -2.48. The normalized spacial score (nSPS) is 27.3. The Bertz CT molecular complexity index is 934. The molecule has 2 saturated heterocycles. The fourth-order valence-corrected chi connectivity index (χ4v) is 4.84. The highest BCUT2D eigenvalue weighted by Crippen LogP contribution is 2.47. The predicted octanol–water partition coefficient (Wildman–Crippen LogP) is -1.90. The number of carbonyl (C=O) groups is 2. The number of carboxylic acid groups (broad SMARTS) is 1. The first-order valence-corrected chi connectivity index (χ1v) is 8.71. The summed E-state index contributed by atoms with van der Waals surface area (Å²) in [6, 6.07) is -0.457. The zero-order chi connectivity index (χ0) is 17.9. The van der Waals surface area contributed by atoms with E-state index in [1.54, 1.807) is 7.05 Å². The monoisotopic (exact) mass is 365 g/mol. The molecule has 4 heterocycles. The first-order chi connectivity index (χ1) is 11.9. The molecule has 1 unspecified atom stereocenters. The largest absolute Gasteiger partial charge is 0.477 e. The molecule has 10 nitrogen and oxygen atoms in total. The molecule has 3 aliphatic rings. The lowest BCUT2D eigenvalue weighted by atomic mass is 9.80. The number of nitrogens with one attached hydrogen (secondary N) is 2. The van der Waals surface area contributed by atoms with Crippen molar-refractivity contribution in [3.05, 3.63) is 32.0 Å². The van der Waals surface area contributed by atoms with Crippen LogP contribution in [0.25, 0.3) is 0 Å². The fourth-order valence-electron chi connectivity index (χ4n) is 3.81. The van der Waals surface area contributed by atoms with E-state index in [-0.39, 0.29) is 40.5 Å². The number of β-lactam (4-membered cyclic amide) rings is 1. The number of hydrogen-bond donors (Lipinski definition) is 3. The Balaban J connectivity index is 1.66. The Morgan fingerprint density at radius 1 is 1.40 bits per heavy atom. The van der Waals surface area contributed by atoms with Crippen molar-refractivity contribution in [2.45, 2.75) is 23.7 Å². The van der Waals surface area contributed by atoms with Gasteiger partial charge in [0.2, 0.25) is 5.91 Å². The molecule has 2 fully saturated rings. The van der Waals surface area contributed by atoms with Crippen LogP contribution in [0.15, 0.2) is 26.0 Å². The number of amides is 1. The van der Waals surface area contributed by atoms with Gasteiger partial charge in [-0.25, -0.2) is 4.79 Å². The Morgan fingerprint density at radius 2 is 2.16 bits per heavy atom. The lowest BCUT2D eigenvalue weighted by Crippen LogP contribution is -2.71. The molecule has 4 rings (SSSR count). The van der Waals surface area contributed by atoms with Crippen molar-refractivity contribution >= 4 is 23.6 Å². The van der Waals surface area contributed by atoms with Gasteiger partial charge in [0.1, 0.15) is 11.7 Å². The van der Waals surface area contributed by atoms with Crippen LogP contribution in [-0.2, 0) is 16.6 Å². The molecule has 132 valence electrons. The molecule has 3 aliphatic heterocycles. The van der Waals surface area contributed by atoms with Gasteiger partial charge in [0.05, 0.1) is 6.04 Å². The van der Waals surface area contributed by atoms with Crippen LogP contribution in [0.1, 0.15) is 6.42 Å². The maximum atomic E-state index is 12.2. The zero-order valence-corrected chi connectivity index (χ0v) is 14.0. The minimum absolute atomic E-state index is 0.0117. The number of thioether (sulfide) groups is 1. The van der Waals surface area contributed by atoms with Crippen LogP contribution in [0.5, 0.6) is 0 Å². The van der Waals surface area contributed by atoms with E-state index in [1.165, 1.54) is 21.3 Å². The van der Waals surface area contributed by atoms with Crippen molar-refractivity contribution in [2.24, 2.45) is 13.0 Å². The van der Waals surface area contributed by atoms with Crippen molar-refractivity contribution in [1.29, 1.82) is 0 Å². The van der Waals surface area contributed by atoms with Gasteiger partial charge in [-0.2, -0.15) is 4.98 Å². The molecule has 11 heteroatoms. The van der Waals surface area contributed by atoms with E-state index < -0.39 is 17.1 Å². The number of hydrogen-bond acceptors (Lipinski definition) is 7. The molecule has 1 aromatic rings. The summed E-state index contributed by atoms with van der Waals surface area (Å²) in [7, 11) is 1.55. The van der Waals surface area contributed by atoms with Crippen LogP contribution in [0.4, 0.5) is 0 Å². The number of aryl methyl sites for hydroxylation is 1. The number of carboxylic acids is 1. The van der Waals surface area contributed by atoms with Gasteiger partial charge >= 0.3 is 17.1 Å². The van der Waals surface area contributed by atoms with E-state index in [4.69, 9.17) is 0 Å². The van der Waals surface area contributed by atoms with Gasteiger partial charge < -0.3 is 10.4 Å². The SMILES string of the molecule is Cn1[nH]c(=O)c(=O)nc1SCC1=C(C(=O)O)N2C(=O)[C@H]3NCCC1[C@H]32. The molecular weight excluding hydrogens is 350 g/mol. The van der Waals surface area contributed by atoms with Crippen LogP contribution in [0.3, 0.4) is 0 Å². The van der Waals surface area contributed by atoms with Crippen molar-refractivity contribution < 1.29 is 14.7 Å². The number of rotatable bonds is 4. The summed E-state index contributed by atoms with van der Waals surface area (Å²) < 4.78 is 1.33. The first-order valence-electron chi connectivity index (χ1n) is 7.73. The molecule has 1 aromatic heterocycles. The van der Waals surface area contributed by atoms with Crippen molar-refractivity contribution in [3.8, 4) is 0 Å². The molecule has 25 heavy (non-hydrogen) atoms. The maximum Gasteiger partial charge on any atom is 0.352 e. The lowest BCUT2D eigenvalue weighted by molar-refractivity contribution is -0.154. The molecule has 0 aliphatic carbocycles. The number of carbonyl (C=O) groups excluding carboxylic acids is 1. The molecular formula is C14H15N5O5S. The van der Waals surface area contributed by atoms with Gasteiger partial charge in [-0.15, -0.1) is 0 Å². The summed E-state index contributed by atoms with van der Waals surface area (Å²) in [5, 5.41) is 15.3. The molecule has 0 radical (unpaired) electrons. The molecule has 3 N–H and O–H groups in total. The minimum Gasteiger partial charge on any atom is -0.477 e. The van der Waals surface area contributed by atoms with E-state index in [1.807, 2.05) is 0 Å². The second-order valence-electron chi connectivity index (χ2n) is 6.19. The van der Waals surface area contributed by atoms with Crippen LogP contribution >= 0.6 is 11.8 Å². The summed E-state index contributed by atoms with van der Waals surface area (Å²) in [5.74, 6) is -1.06. The highest BCUT2D eigenvalue weighted by atomic mass is 32.2. The molecule has 0 saturated carbocycles. The van der Waals surface area contributed by atoms with Gasteiger partial charge in [-0.3, -0.25) is 29.1 Å². The Hall–Kier alpha value is -2.40. The van der Waals surface area contributed by atoms with Gasteiger partial charge in [0.25, 0.3) is 0 Å². The number of nitrogens with zero attached hydrogens (tertiary/aromatic N) is 3. The fraction of sp³-hybridized carbons (Fsp3) is 0.500. The van der Waals surface area contributed by atoms with Crippen LogP contribution in [-0.4, -0.2) is 61.0 Å². The summed E-state index contributed by atoms with van der Waals surface area (Å²) in [6.07, 6.45) is 0.746. The third kappa shape index (κ3) is 2.26. The number of aromatic nitrogens is 3. The second-order valence-corrected chi connectivity index (χ2v) is 7.14. The number of aromatic amines is 1. The summed E-state index contributed by atoms with van der Waals surface area (Å²) in [4.78, 5) is 51.7. The van der Waals surface area contributed by atoms with E-state index in [0.29, 0.717) is 12.1 Å². The average Bonchev–Trinajstić information content (AvgIpc) is 2.90. The molecule has 0 spiro atoms. The van der Waals surface area contributed by atoms with E-state index in [9.17, 15) is 24.3 Å². The Labute approximate surface area is 144 Å².